The summed E-state index contributed by atoms with van der Waals surface area (Å²) in [6, 6.07) is 0. The van der Waals surface area contributed by atoms with Crippen LogP contribution in [0.2, 0.25) is 0 Å². The first-order valence-corrected chi connectivity index (χ1v) is 29.9. The van der Waals surface area contributed by atoms with Crippen LogP contribution in [0.5, 0.6) is 0 Å². The molecule has 13 atom stereocenters. The van der Waals surface area contributed by atoms with Gasteiger partial charge in [0.2, 0.25) is 0 Å². The Hall–Kier alpha value is -1.35. The zero-order chi connectivity index (χ0) is 53.0. The van der Waals surface area contributed by atoms with Crippen LogP contribution in [0.15, 0.2) is 0 Å². The number of esters is 2. The standard InChI is InChI=1S/C53H101O18P/c1-3-5-7-9-11-13-15-17-19-21-23-25-27-29-31-33-35-42(55)66-38-40(68-43(56)36-34-32-30-28-26-24-22-20-18-16-14-12-10-8-6-4-2)39-67-72(64,65)71-52-49(62)47(60)46(59)48(61)51(52)70-53-50(63)45(58)44(57)41(37-54)69-53/h40-41,44-54,57-63H,3-39H2,1-2H3,(H,64,65). The van der Waals surface area contributed by atoms with Crippen molar-refractivity contribution in [2.75, 3.05) is 19.8 Å². The van der Waals surface area contributed by atoms with Gasteiger partial charge in [-0.25, -0.2) is 4.57 Å². The number of phosphoric acid groups is 1. The molecular formula is C53H101O18P. The lowest BCUT2D eigenvalue weighted by molar-refractivity contribution is -0.338. The highest BCUT2D eigenvalue weighted by Gasteiger charge is 2.55. The number of unbranched alkanes of at least 4 members (excludes halogenated alkanes) is 30. The van der Waals surface area contributed by atoms with Gasteiger partial charge >= 0.3 is 19.8 Å². The van der Waals surface area contributed by atoms with Crippen LogP contribution >= 0.6 is 7.82 Å². The molecule has 13 unspecified atom stereocenters. The maximum Gasteiger partial charge on any atom is 0.472 e. The molecule has 2 aliphatic rings. The number of hydrogen-bond acceptors (Lipinski definition) is 17. The monoisotopic (exact) mass is 1060 g/mol. The summed E-state index contributed by atoms with van der Waals surface area (Å²) in [5.74, 6) is -1.20. The zero-order valence-corrected chi connectivity index (χ0v) is 45.1. The molecule has 72 heavy (non-hydrogen) atoms. The second-order valence-corrected chi connectivity index (χ2v) is 21.9. The molecule has 18 nitrogen and oxygen atoms in total. The lowest BCUT2D eigenvalue weighted by Crippen LogP contribution is -2.67. The van der Waals surface area contributed by atoms with Gasteiger partial charge in [0.1, 0.15) is 67.6 Å². The molecule has 2 rings (SSSR count). The Bertz CT molecular complexity index is 1390. The molecule has 0 aromatic carbocycles. The van der Waals surface area contributed by atoms with Gasteiger partial charge in [0, 0.05) is 12.8 Å². The van der Waals surface area contributed by atoms with Gasteiger partial charge in [-0.05, 0) is 12.8 Å². The highest BCUT2D eigenvalue weighted by Crippen LogP contribution is 2.48. The SMILES string of the molecule is CCCCCCCCCCCCCCCCCCC(=O)OCC(COP(=O)(O)OC1C(O)C(O)C(O)C(O)C1OC1OC(CO)C(O)C(O)C1O)OC(=O)CCCCCCCCCCCCCCCCCC. The normalized spacial score (nSPS) is 26.8. The van der Waals surface area contributed by atoms with Crippen molar-refractivity contribution >= 4 is 19.8 Å². The molecular weight excluding hydrogens is 956 g/mol. The lowest BCUT2D eigenvalue weighted by atomic mass is 9.84. The van der Waals surface area contributed by atoms with Gasteiger partial charge in [0.05, 0.1) is 13.2 Å². The highest BCUT2D eigenvalue weighted by atomic mass is 31.2. The summed E-state index contributed by atoms with van der Waals surface area (Å²) in [7, 11) is -5.37. The van der Waals surface area contributed by atoms with E-state index in [0.29, 0.717) is 12.8 Å². The first-order valence-electron chi connectivity index (χ1n) is 28.4. The van der Waals surface area contributed by atoms with Gasteiger partial charge in [-0.3, -0.25) is 18.6 Å². The molecule has 1 saturated heterocycles. The summed E-state index contributed by atoms with van der Waals surface area (Å²) in [6.45, 7) is 2.28. The molecule has 0 aromatic rings. The molecule has 426 valence electrons. The Morgan fingerprint density at radius 3 is 1.24 bits per heavy atom. The van der Waals surface area contributed by atoms with E-state index < -0.39 is 113 Å². The highest BCUT2D eigenvalue weighted by molar-refractivity contribution is 7.47. The second-order valence-electron chi connectivity index (χ2n) is 20.5. The third-order valence-corrected chi connectivity index (χ3v) is 15.0. The molecule has 0 amide bonds. The van der Waals surface area contributed by atoms with Crippen molar-refractivity contribution in [3.05, 3.63) is 0 Å². The van der Waals surface area contributed by atoms with Crippen molar-refractivity contribution in [3.8, 4) is 0 Å². The quantitative estimate of drug-likeness (QED) is 0.0159. The number of carbonyl (C=O) groups excluding carboxylic acids is 2. The Labute approximate surface area is 431 Å². The predicted molar refractivity (Wildman–Crippen MR) is 272 cm³/mol. The van der Waals surface area contributed by atoms with Gasteiger partial charge in [0.25, 0.3) is 0 Å². The Balaban J connectivity index is 1.89. The van der Waals surface area contributed by atoms with Gasteiger partial charge in [-0.15, -0.1) is 0 Å². The fraction of sp³-hybridized carbons (Fsp3) is 0.962. The van der Waals surface area contributed by atoms with Crippen LogP contribution < -0.4 is 0 Å². The van der Waals surface area contributed by atoms with E-state index in [1.54, 1.807) is 0 Å². The van der Waals surface area contributed by atoms with E-state index in [2.05, 4.69) is 13.8 Å². The van der Waals surface area contributed by atoms with Crippen LogP contribution in [0, 0.1) is 0 Å². The number of carbonyl (C=O) groups is 2. The zero-order valence-electron chi connectivity index (χ0n) is 44.2. The van der Waals surface area contributed by atoms with Gasteiger partial charge in [-0.1, -0.05) is 206 Å². The van der Waals surface area contributed by atoms with E-state index in [4.69, 9.17) is 28.0 Å². The fourth-order valence-corrected chi connectivity index (χ4v) is 10.4. The summed E-state index contributed by atoms with van der Waals surface area (Å²) >= 11 is 0. The van der Waals surface area contributed by atoms with Crippen LogP contribution in [-0.4, -0.2) is 151 Å². The van der Waals surface area contributed by atoms with E-state index in [9.17, 15) is 59.9 Å². The number of phosphoric ester groups is 1. The van der Waals surface area contributed by atoms with Crippen LogP contribution in [0.4, 0.5) is 0 Å². The topological polar surface area (TPSA) is 289 Å². The van der Waals surface area contributed by atoms with E-state index in [1.165, 1.54) is 141 Å². The first-order chi connectivity index (χ1) is 34.7. The number of aliphatic hydroxyl groups excluding tert-OH is 8. The molecule has 1 aliphatic carbocycles. The summed E-state index contributed by atoms with van der Waals surface area (Å²) in [6.07, 6.45) is 14.5. The Kier molecular flexibility index (Phi) is 37.9. The Morgan fingerprint density at radius 1 is 0.472 bits per heavy atom. The number of rotatable bonds is 45. The molecule has 1 aliphatic heterocycles. The van der Waals surface area contributed by atoms with Crippen molar-refractivity contribution in [2.24, 2.45) is 0 Å². The molecule has 0 radical (unpaired) electrons. The summed E-state index contributed by atoms with van der Waals surface area (Å²) < 4.78 is 45.6. The molecule has 0 aromatic heterocycles. The first kappa shape index (κ1) is 66.8. The largest absolute Gasteiger partial charge is 0.472 e. The minimum Gasteiger partial charge on any atom is -0.462 e. The smallest absolute Gasteiger partial charge is 0.462 e. The van der Waals surface area contributed by atoms with Crippen molar-refractivity contribution in [1.29, 1.82) is 0 Å². The summed E-state index contributed by atoms with van der Waals surface area (Å²) in [5.41, 5.74) is 0. The Morgan fingerprint density at radius 2 is 0.833 bits per heavy atom. The molecule has 0 spiro atoms. The molecule has 1 saturated carbocycles. The second kappa shape index (κ2) is 40.8. The predicted octanol–water partition coefficient (Wildman–Crippen LogP) is 7.89. The molecule has 1 heterocycles. The van der Waals surface area contributed by atoms with Gasteiger partial charge in [0.15, 0.2) is 12.4 Å². The minimum absolute atomic E-state index is 0.0404. The molecule has 19 heteroatoms. The van der Waals surface area contributed by atoms with E-state index in [0.717, 1.165) is 51.4 Å². The third-order valence-electron chi connectivity index (χ3n) is 14.1. The maximum absolute atomic E-state index is 13.4. The van der Waals surface area contributed by atoms with E-state index >= 15 is 0 Å². The molecule has 2 fully saturated rings. The maximum atomic E-state index is 13.4. The number of aliphatic hydroxyl groups is 8. The lowest BCUT2D eigenvalue weighted by Gasteiger charge is -2.47. The van der Waals surface area contributed by atoms with Crippen LogP contribution in [-0.2, 0) is 42.1 Å². The van der Waals surface area contributed by atoms with Gasteiger partial charge in [-0.2, -0.15) is 0 Å². The molecule has 9 N–H and O–H groups in total. The van der Waals surface area contributed by atoms with Crippen molar-refractivity contribution in [2.45, 2.75) is 306 Å². The average molecular weight is 1060 g/mol. The molecule has 0 bridgehead atoms. The van der Waals surface area contributed by atoms with Crippen molar-refractivity contribution in [1.82, 2.24) is 0 Å². The van der Waals surface area contributed by atoms with E-state index in [-0.39, 0.29) is 12.8 Å². The average Bonchev–Trinajstić information content (AvgIpc) is 3.36. The minimum atomic E-state index is -5.37. The third kappa shape index (κ3) is 28.7. The van der Waals surface area contributed by atoms with E-state index in [1.807, 2.05) is 0 Å². The van der Waals surface area contributed by atoms with Crippen molar-refractivity contribution < 1.29 is 87.9 Å². The van der Waals surface area contributed by atoms with Gasteiger partial charge < -0.3 is 64.7 Å². The van der Waals surface area contributed by atoms with Crippen LogP contribution in [0.25, 0.3) is 0 Å². The van der Waals surface area contributed by atoms with Crippen LogP contribution in [0.3, 0.4) is 0 Å². The number of ether oxygens (including phenoxy) is 4. The summed E-state index contributed by atoms with van der Waals surface area (Å²) in [5, 5.41) is 83.1. The van der Waals surface area contributed by atoms with Crippen LogP contribution in [0.1, 0.15) is 232 Å². The van der Waals surface area contributed by atoms with Crippen molar-refractivity contribution in [3.63, 3.8) is 0 Å². The number of hydrogen-bond donors (Lipinski definition) is 9. The fourth-order valence-electron chi connectivity index (χ4n) is 9.41. The summed E-state index contributed by atoms with van der Waals surface area (Å²) in [4.78, 5) is 36.7.